The number of imidazole rings is 1. The van der Waals surface area contributed by atoms with Gasteiger partial charge in [-0.3, -0.25) is 4.79 Å². The first-order valence-electron chi connectivity index (χ1n) is 8.01. The number of fused-ring (bicyclic) bond motifs is 3. The molecule has 0 saturated carbocycles. The predicted octanol–water partition coefficient (Wildman–Crippen LogP) is 1.93. The fourth-order valence-corrected chi connectivity index (χ4v) is 3.78. The van der Waals surface area contributed by atoms with Crippen LogP contribution in [0, 0.1) is 0 Å². The van der Waals surface area contributed by atoms with Crippen LogP contribution in [-0.2, 0) is 4.79 Å². The monoisotopic (exact) mass is 382 g/mol. The molecule has 136 valence electrons. The number of para-hydroxylation sites is 2. The summed E-state index contributed by atoms with van der Waals surface area (Å²) in [5, 5.41) is 8.73. The second-order valence-corrected chi connectivity index (χ2v) is 6.74. The molecule has 7 nitrogen and oxygen atoms in total. The number of carboxylic acid groups (broad SMARTS) is 1. The Morgan fingerprint density at radius 1 is 1.26 bits per heavy atom. The lowest BCUT2D eigenvalue weighted by Crippen LogP contribution is -2.22. The summed E-state index contributed by atoms with van der Waals surface area (Å²) in [6.07, 6.45) is 1.75. The summed E-state index contributed by atoms with van der Waals surface area (Å²) in [5.74, 6) is -0.353. The van der Waals surface area contributed by atoms with Crippen LogP contribution in [0.3, 0.4) is 0 Å². The molecule has 0 amide bonds. The van der Waals surface area contributed by atoms with Crippen molar-refractivity contribution >= 4 is 39.4 Å². The second kappa shape index (κ2) is 6.73. The maximum Gasteiger partial charge on any atom is 0.341 e. The second-order valence-electron chi connectivity index (χ2n) is 5.73. The zero-order valence-electron chi connectivity index (χ0n) is 14.2. The predicted molar refractivity (Wildman–Crippen MR) is 102 cm³/mol. The van der Waals surface area contributed by atoms with Crippen LogP contribution >= 0.6 is 11.3 Å². The van der Waals surface area contributed by atoms with E-state index in [-0.39, 0.29) is 5.56 Å². The maximum absolute atomic E-state index is 12.8. The fourth-order valence-electron chi connectivity index (χ4n) is 2.80. The molecule has 1 N–H and O–H groups in total. The number of aliphatic carboxylic acids is 1. The molecule has 0 fully saturated rings. The lowest BCUT2D eigenvalue weighted by molar-refractivity contribution is -0.139. The molecule has 2 heterocycles. The quantitative estimate of drug-likeness (QED) is 0.567. The minimum absolute atomic E-state index is 0.131. The third kappa shape index (κ3) is 3.11. The summed E-state index contributed by atoms with van der Waals surface area (Å²) < 4.78 is 12.6. The van der Waals surface area contributed by atoms with Crippen LogP contribution in [0.4, 0.5) is 0 Å². The van der Waals surface area contributed by atoms with E-state index in [0.29, 0.717) is 21.0 Å². The van der Waals surface area contributed by atoms with E-state index in [1.54, 1.807) is 28.7 Å². The number of carbonyl (C=O) groups is 1. The summed E-state index contributed by atoms with van der Waals surface area (Å²) in [6, 6.07) is 12.5. The zero-order chi connectivity index (χ0) is 19.0. The van der Waals surface area contributed by atoms with E-state index in [2.05, 4.69) is 4.98 Å². The molecule has 2 aromatic heterocycles. The van der Waals surface area contributed by atoms with Gasteiger partial charge >= 0.3 is 5.97 Å². The fraction of sp³-hybridized carbons (Fsp3) is 0.105. The number of methoxy groups -OCH3 is 1. The largest absolute Gasteiger partial charge is 0.493 e. The van der Waals surface area contributed by atoms with Gasteiger partial charge in [-0.25, -0.2) is 14.2 Å². The van der Waals surface area contributed by atoms with E-state index in [9.17, 15) is 9.59 Å². The van der Waals surface area contributed by atoms with E-state index in [1.807, 2.05) is 24.3 Å². The number of rotatable bonds is 5. The van der Waals surface area contributed by atoms with Gasteiger partial charge in [-0.15, -0.1) is 0 Å². The first kappa shape index (κ1) is 17.0. The minimum atomic E-state index is -1.07. The molecule has 0 atom stereocenters. The summed E-state index contributed by atoms with van der Waals surface area (Å²) in [5.41, 5.74) is 2.17. The summed E-state index contributed by atoms with van der Waals surface area (Å²) >= 11 is 1.31. The van der Waals surface area contributed by atoms with Crippen LogP contribution in [0.15, 0.2) is 47.3 Å². The van der Waals surface area contributed by atoms with Crippen LogP contribution in [-0.4, -0.2) is 34.2 Å². The summed E-state index contributed by atoms with van der Waals surface area (Å²) in [6.45, 7) is -0.459. The average Bonchev–Trinajstić information content (AvgIpc) is 3.17. The molecule has 0 aliphatic rings. The van der Waals surface area contributed by atoms with E-state index in [4.69, 9.17) is 14.6 Å². The Balaban J connectivity index is 1.78. The van der Waals surface area contributed by atoms with Crippen molar-refractivity contribution in [3.63, 3.8) is 0 Å². The highest BCUT2D eigenvalue weighted by molar-refractivity contribution is 7.15. The van der Waals surface area contributed by atoms with Gasteiger partial charge < -0.3 is 14.6 Å². The van der Waals surface area contributed by atoms with Gasteiger partial charge in [0.15, 0.2) is 23.1 Å². The van der Waals surface area contributed by atoms with E-state index >= 15 is 0 Å². The van der Waals surface area contributed by atoms with E-state index < -0.39 is 12.6 Å². The molecule has 0 radical (unpaired) electrons. The number of hydrogen-bond acceptors (Lipinski definition) is 6. The van der Waals surface area contributed by atoms with Crippen molar-refractivity contribution in [3.8, 4) is 11.5 Å². The van der Waals surface area contributed by atoms with Crippen molar-refractivity contribution in [1.82, 2.24) is 9.38 Å². The Morgan fingerprint density at radius 3 is 2.85 bits per heavy atom. The molecule has 0 aliphatic heterocycles. The van der Waals surface area contributed by atoms with Crippen molar-refractivity contribution in [1.29, 1.82) is 0 Å². The van der Waals surface area contributed by atoms with Crippen LogP contribution < -0.4 is 19.6 Å². The Morgan fingerprint density at radius 2 is 2.07 bits per heavy atom. The smallest absolute Gasteiger partial charge is 0.341 e. The third-order valence-corrected chi connectivity index (χ3v) is 4.95. The molecule has 0 spiro atoms. The number of nitrogens with zero attached hydrogens (tertiary/aromatic N) is 2. The highest BCUT2D eigenvalue weighted by Crippen LogP contribution is 2.28. The number of ether oxygens (including phenoxy) is 2. The van der Waals surface area contributed by atoms with E-state index in [0.717, 1.165) is 16.6 Å². The number of aromatic nitrogens is 2. The van der Waals surface area contributed by atoms with Gasteiger partial charge in [0.05, 0.1) is 22.7 Å². The topological polar surface area (TPSA) is 90.1 Å². The van der Waals surface area contributed by atoms with Gasteiger partial charge in [-0.1, -0.05) is 29.5 Å². The first-order chi connectivity index (χ1) is 13.1. The average molecular weight is 382 g/mol. The highest BCUT2D eigenvalue weighted by atomic mass is 32.1. The molecular formula is C19H14N2O5S. The number of hydrogen-bond donors (Lipinski definition) is 1. The lowest BCUT2D eigenvalue weighted by atomic mass is 10.2. The van der Waals surface area contributed by atoms with Crippen molar-refractivity contribution < 1.29 is 19.4 Å². The van der Waals surface area contributed by atoms with Crippen molar-refractivity contribution in [2.24, 2.45) is 0 Å². The Kier molecular flexibility index (Phi) is 4.25. The molecule has 2 aromatic carbocycles. The summed E-state index contributed by atoms with van der Waals surface area (Å²) in [7, 11) is 1.47. The first-order valence-corrected chi connectivity index (χ1v) is 8.83. The Hall–Kier alpha value is -3.39. The standard InChI is InChI=1S/C19H14N2O5S/c1-25-15-8-11(6-7-14(15)26-10-17(22)23)9-16-18(24)21-13-5-3-2-4-12(13)20-19(21)27-16/h2-9H,10H2,1H3,(H,22,23)/b16-9-. The van der Waals surface area contributed by atoms with Gasteiger partial charge in [-0.2, -0.15) is 0 Å². The van der Waals surface area contributed by atoms with Gasteiger partial charge in [0, 0.05) is 0 Å². The molecule has 0 aliphatic carbocycles. The highest BCUT2D eigenvalue weighted by Gasteiger charge is 2.11. The molecule has 0 bridgehead atoms. The molecule has 0 saturated heterocycles. The third-order valence-electron chi connectivity index (χ3n) is 3.98. The maximum atomic E-state index is 12.8. The summed E-state index contributed by atoms with van der Waals surface area (Å²) in [4.78, 5) is 28.6. The van der Waals surface area contributed by atoms with Gasteiger partial charge in [0.1, 0.15) is 0 Å². The van der Waals surface area contributed by atoms with Crippen molar-refractivity contribution in [3.05, 3.63) is 62.9 Å². The molecule has 4 aromatic rings. The lowest BCUT2D eigenvalue weighted by Gasteiger charge is -2.09. The van der Waals surface area contributed by atoms with Gasteiger partial charge in [-0.05, 0) is 35.9 Å². The molecule has 0 unspecified atom stereocenters. The molecule has 8 heteroatoms. The van der Waals surface area contributed by atoms with Crippen LogP contribution in [0.25, 0.3) is 22.1 Å². The Bertz CT molecular complexity index is 1270. The minimum Gasteiger partial charge on any atom is -0.493 e. The number of carboxylic acids is 1. The van der Waals surface area contributed by atoms with Crippen LogP contribution in [0.2, 0.25) is 0 Å². The molecule has 27 heavy (non-hydrogen) atoms. The van der Waals surface area contributed by atoms with Crippen LogP contribution in [0.5, 0.6) is 11.5 Å². The normalized spacial score (nSPS) is 12.0. The van der Waals surface area contributed by atoms with Gasteiger partial charge in [0.25, 0.3) is 5.56 Å². The SMILES string of the molecule is COc1cc(/C=c2\sc3nc4ccccc4n3c2=O)ccc1OCC(=O)O. The van der Waals surface area contributed by atoms with Gasteiger partial charge in [0.2, 0.25) is 0 Å². The molecular weight excluding hydrogens is 368 g/mol. The number of thiazole rings is 1. The number of benzene rings is 2. The zero-order valence-corrected chi connectivity index (χ0v) is 15.0. The van der Waals surface area contributed by atoms with E-state index in [1.165, 1.54) is 18.4 Å². The van der Waals surface area contributed by atoms with Crippen molar-refractivity contribution in [2.45, 2.75) is 0 Å². The van der Waals surface area contributed by atoms with Crippen molar-refractivity contribution in [2.75, 3.05) is 13.7 Å². The molecule has 4 rings (SSSR count). The Labute approximate surface area is 156 Å². The van der Waals surface area contributed by atoms with Crippen LogP contribution in [0.1, 0.15) is 5.56 Å².